The van der Waals surface area contributed by atoms with Crippen molar-refractivity contribution in [1.82, 2.24) is 4.98 Å². The molecule has 2 N–H and O–H groups in total. The highest BCUT2D eigenvalue weighted by Gasteiger charge is 2.17. The molecule has 0 saturated carbocycles. The maximum Gasteiger partial charge on any atom is 0.331 e. The van der Waals surface area contributed by atoms with Gasteiger partial charge in [0.15, 0.2) is 0 Å². The third-order valence-corrected chi connectivity index (χ3v) is 3.95. The SMILES string of the molecule is NC(=O)c1ccc(COC(=O)/C=C/c2ccc3ccccc3n2)c([N+](=O)[O-])c1. The molecule has 1 aromatic heterocycles. The maximum atomic E-state index is 11.9. The van der Waals surface area contributed by atoms with Crippen LogP contribution >= 0.6 is 0 Å². The number of primary amides is 1. The summed E-state index contributed by atoms with van der Waals surface area (Å²) >= 11 is 0. The molecule has 0 aliphatic rings. The van der Waals surface area contributed by atoms with E-state index in [9.17, 15) is 19.7 Å². The number of esters is 1. The van der Waals surface area contributed by atoms with Crippen molar-refractivity contribution in [2.24, 2.45) is 5.73 Å². The summed E-state index contributed by atoms with van der Waals surface area (Å²) in [6.45, 7) is -0.316. The number of carbonyl (C=O) groups excluding carboxylic acids is 2. The average Bonchev–Trinajstić information content (AvgIpc) is 2.70. The Hall–Kier alpha value is -4.07. The summed E-state index contributed by atoms with van der Waals surface area (Å²) in [6.07, 6.45) is 2.69. The standard InChI is InChI=1S/C20H15N3O5/c21-20(25)14-5-6-15(18(11-14)23(26)27)12-28-19(24)10-9-16-8-7-13-3-1-2-4-17(13)22-16/h1-11H,12H2,(H2,21,25)/b10-9+. The summed E-state index contributed by atoms with van der Waals surface area (Å²) in [6, 6.07) is 14.9. The minimum atomic E-state index is -0.780. The first-order valence-electron chi connectivity index (χ1n) is 8.22. The number of para-hydroxylation sites is 1. The number of nitro groups is 1. The smallest absolute Gasteiger partial charge is 0.331 e. The third kappa shape index (κ3) is 4.36. The Bertz CT molecular complexity index is 1110. The summed E-state index contributed by atoms with van der Waals surface area (Å²) in [5, 5.41) is 12.1. The van der Waals surface area contributed by atoms with Gasteiger partial charge in [-0.25, -0.2) is 9.78 Å². The van der Waals surface area contributed by atoms with Gasteiger partial charge in [-0.15, -0.1) is 0 Å². The largest absolute Gasteiger partial charge is 0.457 e. The number of fused-ring (bicyclic) bond motifs is 1. The van der Waals surface area contributed by atoms with Crippen LogP contribution in [0, 0.1) is 10.1 Å². The van der Waals surface area contributed by atoms with Crippen LogP contribution in [-0.2, 0) is 16.1 Å². The first-order chi connectivity index (χ1) is 13.4. The van der Waals surface area contributed by atoms with E-state index in [0.717, 1.165) is 17.0 Å². The van der Waals surface area contributed by atoms with Crippen molar-refractivity contribution in [1.29, 1.82) is 0 Å². The number of amides is 1. The zero-order chi connectivity index (χ0) is 20.1. The van der Waals surface area contributed by atoms with Crippen molar-refractivity contribution in [3.8, 4) is 0 Å². The minimum Gasteiger partial charge on any atom is -0.457 e. The summed E-state index contributed by atoms with van der Waals surface area (Å²) in [7, 11) is 0. The number of carbonyl (C=O) groups is 2. The predicted molar refractivity (Wildman–Crippen MR) is 102 cm³/mol. The van der Waals surface area contributed by atoms with Gasteiger partial charge >= 0.3 is 5.97 Å². The zero-order valence-corrected chi connectivity index (χ0v) is 14.6. The van der Waals surface area contributed by atoms with Gasteiger partial charge < -0.3 is 10.5 Å². The minimum absolute atomic E-state index is 0.00375. The molecule has 0 aliphatic heterocycles. The van der Waals surface area contributed by atoms with Crippen LogP contribution in [0.25, 0.3) is 17.0 Å². The lowest BCUT2D eigenvalue weighted by Crippen LogP contribution is -2.12. The molecular weight excluding hydrogens is 362 g/mol. The molecule has 0 aliphatic carbocycles. The molecule has 8 nitrogen and oxygen atoms in total. The van der Waals surface area contributed by atoms with Gasteiger partial charge in [-0.3, -0.25) is 14.9 Å². The van der Waals surface area contributed by atoms with Crippen LogP contribution in [-0.4, -0.2) is 21.8 Å². The Kier molecular flexibility index (Phi) is 5.40. The van der Waals surface area contributed by atoms with E-state index < -0.39 is 16.8 Å². The van der Waals surface area contributed by atoms with Crippen molar-refractivity contribution in [2.45, 2.75) is 6.61 Å². The first kappa shape index (κ1) is 18.7. The van der Waals surface area contributed by atoms with Crippen LogP contribution in [0.2, 0.25) is 0 Å². The summed E-state index contributed by atoms with van der Waals surface area (Å²) in [4.78, 5) is 38.0. The molecule has 140 valence electrons. The number of nitrogens with zero attached hydrogens (tertiary/aromatic N) is 2. The van der Waals surface area contributed by atoms with Gasteiger partial charge in [0.1, 0.15) is 6.61 Å². The number of hydrogen-bond donors (Lipinski definition) is 1. The van der Waals surface area contributed by atoms with Crippen LogP contribution in [0.15, 0.2) is 60.7 Å². The van der Waals surface area contributed by atoms with E-state index in [1.165, 1.54) is 24.3 Å². The topological polar surface area (TPSA) is 125 Å². The van der Waals surface area contributed by atoms with Crippen LogP contribution in [0.4, 0.5) is 5.69 Å². The van der Waals surface area contributed by atoms with E-state index >= 15 is 0 Å². The fourth-order valence-electron chi connectivity index (χ4n) is 2.53. The number of ether oxygens (including phenoxy) is 1. The van der Waals surface area contributed by atoms with Gasteiger partial charge in [0.2, 0.25) is 5.91 Å². The second-order valence-corrected chi connectivity index (χ2v) is 5.83. The number of hydrogen-bond acceptors (Lipinski definition) is 6. The average molecular weight is 377 g/mol. The van der Waals surface area contributed by atoms with E-state index in [1.807, 2.05) is 30.3 Å². The maximum absolute atomic E-state index is 11.9. The number of nitrogens with two attached hydrogens (primary N) is 1. The lowest BCUT2D eigenvalue weighted by molar-refractivity contribution is -0.385. The molecule has 0 atom stereocenters. The summed E-state index contributed by atoms with van der Waals surface area (Å²) in [5.74, 6) is -1.46. The Morgan fingerprint density at radius 2 is 1.93 bits per heavy atom. The molecule has 1 heterocycles. The Balaban J connectivity index is 1.68. The Morgan fingerprint density at radius 3 is 2.68 bits per heavy atom. The highest BCUT2D eigenvalue weighted by molar-refractivity contribution is 5.93. The summed E-state index contributed by atoms with van der Waals surface area (Å²) in [5.41, 5.74) is 6.31. The number of rotatable bonds is 6. The van der Waals surface area contributed by atoms with E-state index in [-0.39, 0.29) is 23.4 Å². The Labute approximate surface area is 159 Å². The third-order valence-electron chi connectivity index (χ3n) is 3.95. The van der Waals surface area contributed by atoms with E-state index in [1.54, 1.807) is 6.07 Å². The molecular formula is C20H15N3O5. The van der Waals surface area contributed by atoms with Crippen LogP contribution in [0.1, 0.15) is 21.6 Å². The summed E-state index contributed by atoms with van der Waals surface area (Å²) < 4.78 is 5.05. The van der Waals surface area contributed by atoms with Crippen molar-refractivity contribution < 1.29 is 19.2 Å². The predicted octanol–water partition coefficient (Wildman–Crippen LogP) is 3.00. The molecule has 0 saturated heterocycles. The molecule has 0 bridgehead atoms. The molecule has 2 aromatic carbocycles. The molecule has 3 aromatic rings. The quantitative estimate of drug-likeness (QED) is 0.305. The van der Waals surface area contributed by atoms with Crippen LogP contribution in [0.5, 0.6) is 0 Å². The van der Waals surface area contributed by atoms with Crippen molar-refractivity contribution in [3.05, 3.63) is 87.6 Å². The molecule has 0 radical (unpaired) electrons. The zero-order valence-electron chi connectivity index (χ0n) is 14.6. The molecule has 0 fully saturated rings. The lowest BCUT2D eigenvalue weighted by atomic mass is 10.1. The van der Waals surface area contributed by atoms with E-state index in [4.69, 9.17) is 10.5 Å². The molecule has 1 amide bonds. The van der Waals surface area contributed by atoms with E-state index in [2.05, 4.69) is 4.98 Å². The second-order valence-electron chi connectivity index (χ2n) is 5.83. The van der Waals surface area contributed by atoms with E-state index in [0.29, 0.717) is 5.69 Å². The van der Waals surface area contributed by atoms with Gasteiger partial charge in [0, 0.05) is 23.1 Å². The highest BCUT2D eigenvalue weighted by Crippen LogP contribution is 2.21. The van der Waals surface area contributed by atoms with Gasteiger partial charge in [0.05, 0.1) is 21.7 Å². The van der Waals surface area contributed by atoms with Gasteiger partial charge in [0.25, 0.3) is 5.69 Å². The fraction of sp³-hybridized carbons (Fsp3) is 0.0500. The van der Waals surface area contributed by atoms with Crippen molar-refractivity contribution >= 4 is 34.5 Å². The molecule has 28 heavy (non-hydrogen) atoms. The van der Waals surface area contributed by atoms with Crippen LogP contribution < -0.4 is 5.73 Å². The number of aromatic nitrogens is 1. The van der Waals surface area contributed by atoms with Gasteiger partial charge in [-0.1, -0.05) is 24.3 Å². The first-order valence-corrected chi connectivity index (χ1v) is 8.22. The normalized spacial score (nSPS) is 10.9. The fourth-order valence-corrected chi connectivity index (χ4v) is 2.53. The monoisotopic (exact) mass is 377 g/mol. The van der Waals surface area contributed by atoms with Crippen LogP contribution in [0.3, 0.4) is 0 Å². The van der Waals surface area contributed by atoms with Gasteiger partial charge in [-0.05, 0) is 30.3 Å². The lowest BCUT2D eigenvalue weighted by Gasteiger charge is -2.05. The van der Waals surface area contributed by atoms with Gasteiger partial charge in [-0.2, -0.15) is 0 Å². The molecule has 0 spiro atoms. The number of benzene rings is 2. The molecule has 8 heteroatoms. The molecule has 3 rings (SSSR count). The number of pyridine rings is 1. The van der Waals surface area contributed by atoms with Crippen molar-refractivity contribution in [3.63, 3.8) is 0 Å². The second kappa shape index (κ2) is 8.09. The number of nitro benzene ring substituents is 1. The Morgan fingerprint density at radius 1 is 1.14 bits per heavy atom. The highest BCUT2D eigenvalue weighted by atomic mass is 16.6. The molecule has 0 unspecified atom stereocenters. The van der Waals surface area contributed by atoms with Crippen molar-refractivity contribution in [2.75, 3.05) is 0 Å².